The second-order valence-corrected chi connectivity index (χ2v) is 9.26. The van der Waals surface area contributed by atoms with Gasteiger partial charge in [0.1, 0.15) is 0 Å². The maximum Gasteiger partial charge on any atom is 0.225 e. The summed E-state index contributed by atoms with van der Waals surface area (Å²) < 4.78 is 10.8. The molecule has 4 rings (SSSR count). The minimum absolute atomic E-state index is 0.142. The highest BCUT2D eigenvalue weighted by atomic mass is 16.5. The Kier molecular flexibility index (Phi) is 6.56. The van der Waals surface area contributed by atoms with Crippen LogP contribution in [0.25, 0.3) is 0 Å². The Morgan fingerprint density at radius 3 is 2.29 bits per heavy atom. The second-order valence-electron chi connectivity index (χ2n) is 9.26. The van der Waals surface area contributed by atoms with E-state index in [1.807, 2.05) is 4.90 Å². The van der Waals surface area contributed by atoms with Crippen molar-refractivity contribution in [3.8, 4) is 0 Å². The number of morpholine rings is 1. The number of nitrogens with zero attached hydrogens (tertiary/aromatic N) is 2. The molecule has 3 saturated heterocycles. The van der Waals surface area contributed by atoms with Crippen LogP contribution in [0.5, 0.6) is 0 Å². The van der Waals surface area contributed by atoms with E-state index >= 15 is 0 Å². The van der Waals surface area contributed by atoms with Gasteiger partial charge in [-0.1, -0.05) is 19.3 Å². The molecule has 1 aliphatic carbocycles. The highest BCUT2D eigenvalue weighted by Gasteiger charge is 2.48. The van der Waals surface area contributed by atoms with Crippen LogP contribution < -0.4 is 0 Å². The summed E-state index contributed by atoms with van der Waals surface area (Å²) in [4.78, 5) is 29.9. The number of carbonyl (C=O) groups is 2. The maximum atomic E-state index is 13.1. The van der Waals surface area contributed by atoms with Crippen LogP contribution in [0.1, 0.15) is 57.8 Å². The van der Waals surface area contributed by atoms with E-state index in [0.717, 1.165) is 45.4 Å². The fourth-order valence-corrected chi connectivity index (χ4v) is 5.89. The van der Waals surface area contributed by atoms with Gasteiger partial charge in [-0.25, -0.2) is 0 Å². The van der Waals surface area contributed by atoms with Crippen molar-refractivity contribution in [3.63, 3.8) is 0 Å². The Balaban J connectivity index is 1.38. The SMILES string of the molecule is O=C(CCC1CN(C(=O)C2CCOCC2)CC12CCCCC2)N1CCOCC1. The highest BCUT2D eigenvalue weighted by molar-refractivity contribution is 5.79. The largest absolute Gasteiger partial charge is 0.381 e. The summed E-state index contributed by atoms with van der Waals surface area (Å²) in [6.07, 6.45) is 9.57. The Morgan fingerprint density at radius 2 is 1.57 bits per heavy atom. The Labute approximate surface area is 168 Å². The lowest BCUT2D eigenvalue weighted by molar-refractivity contribution is -0.138. The zero-order chi connectivity index (χ0) is 19.4. The topological polar surface area (TPSA) is 59.1 Å². The third kappa shape index (κ3) is 4.38. The average molecular weight is 393 g/mol. The predicted octanol–water partition coefficient (Wildman–Crippen LogP) is 2.46. The molecule has 3 aliphatic heterocycles. The lowest BCUT2D eigenvalue weighted by atomic mass is 9.66. The van der Waals surface area contributed by atoms with E-state index in [4.69, 9.17) is 9.47 Å². The Bertz CT molecular complexity index is 549. The third-order valence-corrected chi connectivity index (χ3v) is 7.61. The molecular formula is C22H36N2O4. The first kappa shape index (κ1) is 20.1. The van der Waals surface area contributed by atoms with Gasteiger partial charge in [-0.3, -0.25) is 9.59 Å². The van der Waals surface area contributed by atoms with E-state index in [0.29, 0.717) is 44.7 Å². The van der Waals surface area contributed by atoms with Crippen LogP contribution in [0, 0.1) is 17.3 Å². The van der Waals surface area contributed by atoms with Gasteiger partial charge in [0.05, 0.1) is 13.2 Å². The molecule has 0 aromatic heterocycles. The van der Waals surface area contributed by atoms with Crippen molar-refractivity contribution >= 4 is 11.8 Å². The van der Waals surface area contributed by atoms with Gasteiger partial charge in [0.2, 0.25) is 11.8 Å². The molecular weight excluding hydrogens is 356 g/mol. The van der Waals surface area contributed by atoms with Crippen LogP contribution in [-0.2, 0) is 19.1 Å². The minimum atomic E-state index is 0.142. The standard InChI is InChI=1S/C22H36N2O4/c25-20(23-10-14-28-15-11-23)5-4-19-16-24(17-22(19)8-2-1-3-9-22)21(26)18-6-12-27-13-7-18/h18-19H,1-17H2. The number of hydrogen-bond acceptors (Lipinski definition) is 4. The van der Waals surface area contributed by atoms with E-state index in [1.54, 1.807) is 0 Å². The van der Waals surface area contributed by atoms with Gasteiger partial charge in [0, 0.05) is 51.7 Å². The first-order chi connectivity index (χ1) is 13.7. The lowest BCUT2D eigenvalue weighted by Gasteiger charge is -2.38. The van der Waals surface area contributed by atoms with Gasteiger partial charge in [-0.2, -0.15) is 0 Å². The normalized spacial score (nSPS) is 28.6. The summed E-state index contributed by atoms with van der Waals surface area (Å²) in [6, 6.07) is 0. The number of rotatable bonds is 4. The molecule has 1 spiro atoms. The van der Waals surface area contributed by atoms with E-state index in [1.165, 1.54) is 32.1 Å². The van der Waals surface area contributed by atoms with Crippen molar-refractivity contribution in [3.05, 3.63) is 0 Å². The second kappa shape index (κ2) is 9.12. The molecule has 28 heavy (non-hydrogen) atoms. The number of ether oxygens (including phenoxy) is 2. The summed E-state index contributed by atoms with van der Waals surface area (Å²) in [5.41, 5.74) is 0.254. The average Bonchev–Trinajstić information content (AvgIpc) is 3.10. The lowest BCUT2D eigenvalue weighted by Crippen LogP contribution is -2.41. The highest BCUT2D eigenvalue weighted by Crippen LogP contribution is 2.49. The van der Waals surface area contributed by atoms with Gasteiger partial charge < -0.3 is 19.3 Å². The molecule has 4 aliphatic rings. The van der Waals surface area contributed by atoms with Crippen LogP contribution in [0.2, 0.25) is 0 Å². The zero-order valence-corrected chi connectivity index (χ0v) is 17.2. The van der Waals surface area contributed by atoms with Crippen LogP contribution in [0.4, 0.5) is 0 Å². The fourth-order valence-electron chi connectivity index (χ4n) is 5.89. The van der Waals surface area contributed by atoms with E-state index in [2.05, 4.69) is 4.90 Å². The van der Waals surface area contributed by atoms with Crippen molar-refractivity contribution in [2.45, 2.75) is 57.8 Å². The monoisotopic (exact) mass is 392 g/mol. The van der Waals surface area contributed by atoms with Crippen LogP contribution in [0.15, 0.2) is 0 Å². The Hall–Kier alpha value is -1.14. The molecule has 0 radical (unpaired) electrons. The zero-order valence-electron chi connectivity index (χ0n) is 17.2. The molecule has 1 unspecified atom stereocenters. The summed E-state index contributed by atoms with van der Waals surface area (Å²) in [7, 11) is 0. The first-order valence-corrected chi connectivity index (χ1v) is 11.4. The number of hydrogen-bond donors (Lipinski definition) is 0. The molecule has 158 valence electrons. The molecule has 6 nitrogen and oxygen atoms in total. The van der Waals surface area contributed by atoms with E-state index in [-0.39, 0.29) is 17.2 Å². The molecule has 0 aromatic rings. The number of likely N-dealkylation sites (tertiary alicyclic amines) is 1. The van der Waals surface area contributed by atoms with Crippen LogP contribution in [0.3, 0.4) is 0 Å². The molecule has 1 saturated carbocycles. The number of amides is 2. The predicted molar refractivity (Wildman–Crippen MR) is 106 cm³/mol. The van der Waals surface area contributed by atoms with Gasteiger partial charge in [0.25, 0.3) is 0 Å². The third-order valence-electron chi connectivity index (χ3n) is 7.61. The van der Waals surface area contributed by atoms with Crippen LogP contribution >= 0.6 is 0 Å². The molecule has 1 atom stereocenters. The fraction of sp³-hybridized carbons (Fsp3) is 0.909. The quantitative estimate of drug-likeness (QED) is 0.737. The summed E-state index contributed by atoms with van der Waals surface area (Å²) in [6.45, 7) is 5.97. The molecule has 0 bridgehead atoms. The summed E-state index contributed by atoms with van der Waals surface area (Å²) >= 11 is 0. The molecule has 4 fully saturated rings. The van der Waals surface area contributed by atoms with Crippen LogP contribution in [-0.4, -0.2) is 74.2 Å². The van der Waals surface area contributed by atoms with Crippen molar-refractivity contribution in [1.82, 2.24) is 9.80 Å². The van der Waals surface area contributed by atoms with Crippen molar-refractivity contribution < 1.29 is 19.1 Å². The van der Waals surface area contributed by atoms with Crippen molar-refractivity contribution in [2.75, 3.05) is 52.6 Å². The minimum Gasteiger partial charge on any atom is -0.381 e. The first-order valence-electron chi connectivity index (χ1n) is 11.4. The maximum absolute atomic E-state index is 13.1. The Morgan fingerprint density at radius 1 is 0.893 bits per heavy atom. The van der Waals surface area contributed by atoms with Gasteiger partial charge >= 0.3 is 0 Å². The van der Waals surface area contributed by atoms with E-state index < -0.39 is 0 Å². The molecule has 2 amide bonds. The number of carbonyl (C=O) groups excluding carboxylic acids is 2. The van der Waals surface area contributed by atoms with Gasteiger partial charge in [-0.05, 0) is 43.4 Å². The summed E-state index contributed by atoms with van der Waals surface area (Å²) in [5.74, 6) is 1.23. The molecule has 0 aromatic carbocycles. The molecule has 6 heteroatoms. The summed E-state index contributed by atoms with van der Waals surface area (Å²) in [5, 5.41) is 0. The van der Waals surface area contributed by atoms with Crippen molar-refractivity contribution in [1.29, 1.82) is 0 Å². The van der Waals surface area contributed by atoms with Gasteiger partial charge in [0.15, 0.2) is 0 Å². The smallest absolute Gasteiger partial charge is 0.225 e. The van der Waals surface area contributed by atoms with Gasteiger partial charge in [-0.15, -0.1) is 0 Å². The van der Waals surface area contributed by atoms with Crippen molar-refractivity contribution in [2.24, 2.45) is 17.3 Å². The van der Waals surface area contributed by atoms with E-state index in [9.17, 15) is 9.59 Å². The molecule has 0 N–H and O–H groups in total. The molecule has 3 heterocycles.